The maximum Gasteiger partial charge on any atom is 0.229 e. The first-order valence-corrected chi connectivity index (χ1v) is 9.93. The first-order valence-electron chi connectivity index (χ1n) is 9.93. The normalized spacial score (nSPS) is 22.7. The zero-order valence-corrected chi connectivity index (χ0v) is 15.2. The Labute approximate surface area is 155 Å². The predicted octanol–water partition coefficient (Wildman–Crippen LogP) is 3.28. The van der Waals surface area contributed by atoms with Crippen LogP contribution in [-0.2, 0) is 24.2 Å². The van der Waals surface area contributed by atoms with Gasteiger partial charge in [-0.1, -0.05) is 48.5 Å². The van der Waals surface area contributed by atoms with E-state index in [1.807, 2.05) is 0 Å². The van der Waals surface area contributed by atoms with E-state index in [0.29, 0.717) is 0 Å². The number of carbonyl (C=O) groups excluding carboxylic acids is 1. The Morgan fingerprint density at radius 3 is 2.31 bits per heavy atom. The molecule has 3 nitrogen and oxygen atoms in total. The van der Waals surface area contributed by atoms with Crippen molar-refractivity contribution in [2.45, 2.75) is 44.2 Å². The lowest BCUT2D eigenvalue weighted by atomic mass is 9.88. The highest BCUT2D eigenvalue weighted by Gasteiger charge is 2.34. The fourth-order valence-electron chi connectivity index (χ4n) is 4.67. The summed E-state index contributed by atoms with van der Waals surface area (Å²) in [6, 6.07) is 17.3. The Morgan fingerprint density at radius 1 is 0.962 bits per heavy atom. The second-order valence-corrected chi connectivity index (χ2v) is 8.27. The van der Waals surface area contributed by atoms with Crippen LogP contribution >= 0.6 is 0 Å². The number of nitrogens with one attached hydrogen (secondary N) is 1. The van der Waals surface area contributed by atoms with Gasteiger partial charge in [0.05, 0.1) is 5.92 Å². The molecule has 134 valence electrons. The average molecular weight is 346 g/mol. The number of benzene rings is 2. The van der Waals surface area contributed by atoms with Gasteiger partial charge in [-0.3, -0.25) is 9.69 Å². The second kappa shape index (κ2) is 6.55. The summed E-state index contributed by atoms with van der Waals surface area (Å²) >= 11 is 0. The van der Waals surface area contributed by atoms with E-state index in [-0.39, 0.29) is 17.9 Å². The number of hydrogen-bond donors (Lipinski definition) is 1. The zero-order valence-electron chi connectivity index (χ0n) is 15.2. The average Bonchev–Trinajstić information content (AvgIpc) is 3.37. The summed E-state index contributed by atoms with van der Waals surface area (Å²) in [5, 5.41) is 3.36. The summed E-state index contributed by atoms with van der Waals surface area (Å²) in [6.07, 6.45) is 4.63. The maximum absolute atomic E-state index is 13.2. The van der Waals surface area contributed by atoms with Gasteiger partial charge >= 0.3 is 0 Å². The molecule has 2 aromatic rings. The van der Waals surface area contributed by atoms with Crippen LogP contribution in [0.25, 0.3) is 0 Å². The molecule has 2 aromatic carbocycles. The van der Waals surface area contributed by atoms with E-state index >= 15 is 0 Å². The van der Waals surface area contributed by atoms with Crippen molar-refractivity contribution >= 4 is 5.91 Å². The highest BCUT2D eigenvalue weighted by atomic mass is 16.2. The van der Waals surface area contributed by atoms with E-state index < -0.39 is 0 Å². The van der Waals surface area contributed by atoms with Gasteiger partial charge in [-0.05, 0) is 53.9 Å². The molecule has 0 bridgehead atoms. The van der Waals surface area contributed by atoms with Crippen molar-refractivity contribution in [1.29, 1.82) is 0 Å². The molecular formula is C23H26N2O. The topological polar surface area (TPSA) is 32.3 Å². The van der Waals surface area contributed by atoms with Crippen LogP contribution < -0.4 is 5.32 Å². The summed E-state index contributed by atoms with van der Waals surface area (Å²) in [5.41, 5.74) is 5.33. The van der Waals surface area contributed by atoms with Gasteiger partial charge in [0, 0.05) is 25.7 Å². The summed E-state index contributed by atoms with van der Waals surface area (Å²) in [7, 11) is 0. The summed E-state index contributed by atoms with van der Waals surface area (Å²) in [4.78, 5) is 15.7. The van der Waals surface area contributed by atoms with Crippen molar-refractivity contribution in [3.8, 4) is 0 Å². The van der Waals surface area contributed by atoms with E-state index in [0.717, 1.165) is 38.4 Å². The van der Waals surface area contributed by atoms with E-state index in [1.54, 1.807) is 0 Å². The Balaban J connectivity index is 1.32. The van der Waals surface area contributed by atoms with Gasteiger partial charge < -0.3 is 5.32 Å². The lowest BCUT2D eigenvalue weighted by molar-refractivity contribution is -0.124. The van der Waals surface area contributed by atoms with Gasteiger partial charge in [-0.15, -0.1) is 0 Å². The largest absolute Gasteiger partial charge is 0.352 e. The molecule has 26 heavy (non-hydrogen) atoms. The van der Waals surface area contributed by atoms with E-state index in [4.69, 9.17) is 0 Å². The molecule has 1 aliphatic heterocycles. The molecule has 1 amide bonds. The van der Waals surface area contributed by atoms with Gasteiger partial charge in [0.25, 0.3) is 0 Å². The summed E-state index contributed by atoms with van der Waals surface area (Å²) in [6.45, 7) is 3.00. The van der Waals surface area contributed by atoms with Crippen molar-refractivity contribution < 1.29 is 4.79 Å². The third-order valence-corrected chi connectivity index (χ3v) is 6.19. The summed E-state index contributed by atoms with van der Waals surface area (Å²) < 4.78 is 0. The molecule has 2 aliphatic carbocycles. The molecule has 1 heterocycles. The SMILES string of the molecule is O=C(NC1Cc2ccccc2C1)C1CN(CC2CC2)Cc2ccccc21. The van der Waals surface area contributed by atoms with Crippen LogP contribution in [-0.4, -0.2) is 29.9 Å². The standard InChI is InChI=1S/C23H26N2O/c26-23(24-20-11-17-5-1-2-6-18(17)12-20)22-15-25(13-16-9-10-16)14-19-7-3-4-8-21(19)22/h1-8,16,20,22H,9-15H2,(H,24,26). The van der Waals surface area contributed by atoms with Crippen LogP contribution in [0, 0.1) is 5.92 Å². The molecule has 1 N–H and O–H groups in total. The Kier molecular flexibility index (Phi) is 4.05. The van der Waals surface area contributed by atoms with Crippen molar-refractivity contribution in [2.75, 3.05) is 13.1 Å². The van der Waals surface area contributed by atoms with Crippen LogP contribution in [0.1, 0.15) is 41.0 Å². The van der Waals surface area contributed by atoms with E-state index in [1.165, 1.54) is 35.1 Å². The molecule has 5 rings (SSSR count). The molecule has 1 unspecified atom stereocenters. The molecule has 1 atom stereocenters. The molecule has 1 fully saturated rings. The van der Waals surface area contributed by atoms with Gasteiger partial charge in [0.15, 0.2) is 0 Å². The second-order valence-electron chi connectivity index (χ2n) is 8.27. The first-order chi connectivity index (χ1) is 12.8. The third kappa shape index (κ3) is 3.16. The Bertz CT molecular complexity index is 801. The van der Waals surface area contributed by atoms with Crippen LogP contribution in [0.3, 0.4) is 0 Å². The zero-order chi connectivity index (χ0) is 17.5. The number of carbonyl (C=O) groups is 1. The number of rotatable bonds is 4. The van der Waals surface area contributed by atoms with E-state index in [9.17, 15) is 4.79 Å². The monoisotopic (exact) mass is 346 g/mol. The highest BCUT2D eigenvalue weighted by Crippen LogP contribution is 2.34. The highest BCUT2D eigenvalue weighted by molar-refractivity contribution is 5.85. The molecule has 3 heteroatoms. The molecule has 3 aliphatic rings. The minimum Gasteiger partial charge on any atom is -0.352 e. The molecule has 0 spiro atoms. The Hall–Kier alpha value is -2.13. The van der Waals surface area contributed by atoms with Crippen molar-refractivity contribution in [3.63, 3.8) is 0 Å². The molecule has 0 saturated heterocycles. The number of nitrogens with zero attached hydrogens (tertiary/aromatic N) is 1. The minimum atomic E-state index is -0.0394. The fraction of sp³-hybridized carbons (Fsp3) is 0.435. The number of fused-ring (bicyclic) bond motifs is 2. The Morgan fingerprint density at radius 2 is 1.62 bits per heavy atom. The molecule has 1 saturated carbocycles. The summed E-state index contributed by atoms with van der Waals surface area (Å²) in [5.74, 6) is 1.02. The maximum atomic E-state index is 13.2. The minimum absolute atomic E-state index is 0.0394. The molecular weight excluding hydrogens is 320 g/mol. The van der Waals surface area contributed by atoms with Gasteiger partial charge in [0.2, 0.25) is 5.91 Å². The number of hydrogen-bond acceptors (Lipinski definition) is 2. The van der Waals surface area contributed by atoms with Crippen molar-refractivity contribution in [1.82, 2.24) is 10.2 Å². The first kappa shape index (κ1) is 16.1. The van der Waals surface area contributed by atoms with Gasteiger partial charge in [-0.25, -0.2) is 0 Å². The lowest BCUT2D eigenvalue weighted by Gasteiger charge is -2.34. The van der Waals surface area contributed by atoms with Crippen LogP contribution in [0.15, 0.2) is 48.5 Å². The predicted molar refractivity (Wildman–Crippen MR) is 103 cm³/mol. The lowest BCUT2D eigenvalue weighted by Crippen LogP contribution is -2.45. The molecule has 0 radical (unpaired) electrons. The third-order valence-electron chi connectivity index (χ3n) is 6.19. The van der Waals surface area contributed by atoms with Crippen LogP contribution in [0.5, 0.6) is 0 Å². The van der Waals surface area contributed by atoms with E-state index in [2.05, 4.69) is 58.7 Å². The van der Waals surface area contributed by atoms with Crippen molar-refractivity contribution in [3.05, 3.63) is 70.8 Å². The van der Waals surface area contributed by atoms with Gasteiger partial charge in [0.1, 0.15) is 0 Å². The van der Waals surface area contributed by atoms with Crippen molar-refractivity contribution in [2.24, 2.45) is 5.92 Å². The molecule has 0 aromatic heterocycles. The quantitative estimate of drug-likeness (QED) is 0.921. The van der Waals surface area contributed by atoms with Crippen LogP contribution in [0.4, 0.5) is 0 Å². The smallest absolute Gasteiger partial charge is 0.229 e. The fourth-order valence-corrected chi connectivity index (χ4v) is 4.67. The van der Waals surface area contributed by atoms with Gasteiger partial charge in [-0.2, -0.15) is 0 Å². The number of amides is 1. The van der Waals surface area contributed by atoms with Crippen LogP contribution in [0.2, 0.25) is 0 Å².